The van der Waals surface area contributed by atoms with Gasteiger partial charge in [-0.05, 0) is 78.6 Å². The molecule has 0 radical (unpaired) electrons. The Morgan fingerprint density at radius 1 is 0.538 bits per heavy atom. The topological polar surface area (TPSA) is 46.2 Å². The maximum Gasteiger partial charge on any atom is 0.187 e. The summed E-state index contributed by atoms with van der Waals surface area (Å²) in [6.45, 7) is 26.9. The van der Waals surface area contributed by atoms with Crippen LogP contribution in [0.25, 0.3) is 0 Å². The van der Waals surface area contributed by atoms with E-state index in [9.17, 15) is 0 Å². The third-order valence-corrected chi connectivity index (χ3v) is 7.24. The first-order valence-corrected chi connectivity index (χ1v) is 23.3. The van der Waals surface area contributed by atoms with E-state index in [-0.39, 0.29) is 24.6 Å². The highest BCUT2D eigenvalue weighted by Crippen LogP contribution is 2.31. The Morgan fingerprint density at radius 3 is 1.31 bits per heavy atom. The van der Waals surface area contributed by atoms with Crippen molar-refractivity contribution in [1.29, 1.82) is 0 Å². The van der Waals surface area contributed by atoms with Crippen LogP contribution in [-0.4, -0.2) is 64.5 Å². The summed E-state index contributed by atoms with van der Waals surface area (Å²) in [5.41, 5.74) is 0. The third kappa shape index (κ3) is 9.74. The van der Waals surface area contributed by atoms with Crippen molar-refractivity contribution in [1.82, 2.24) is 0 Å². The lowest BCUT2D eigenvalue weighted by molar-refractivity contribution is -0.232. The molecule has 0 aromatic rings. The van der Waals surface area contributed by atoms with Crippen LogP contribution in [0.2, 0.25) is 78.6 Å². The third-order valence-electron chi connectivity index (χ3n) is 3.34. The molecule has 0 N–H and O–H groups in total. The summed E-state index contributed by atoms with van der Waals surface area (Å²) in [6.07, 6.45) is -0.863. The van der Waals surface area contributed by atoms with E-state index in [0.717, 1.165) is 0 Å². The van der Waals surface area contributed by atoms with Gasteiger partial charge in [0, 0.05) is 0 Å². The Balaban J connectivity index is 3.20. The Bertz CT molecular complexity index is 406. The molecule has 1 heterocycles. The van der Waals surface area contributed by atoms with Crippen LogP contribution in [0.5, 0.6) is 0 Å². The van der Waals surface area contributed by atoms with Crippen LogP contribution in [-0.2, 0) is 22.4 Å². The average Bonchev–Trinajstić information content (AvgIpc) is 2.30. The number of hydrogen-bond acceptors (Lipinski definition) is 5. The molecule has 0 aromatic heterocycles. The van der Waals surface area contributed by atoms with Crippen LogP contribution in [0, 0.1) is 0 Å². The first kappa shape index (κ1) is 24.7. The molecule has 5 nitrogen and oxygen atoms in total. The van der Waals surface area contributed by atoms with Crippen molar-refractivity contribution in [3.05, 3.63) is 0 Å². The Labute approximate surface area is 165 Å². The zero-order chi connectivity index (χ0) is 20.6. The van der Waals surface area contributed by atoms with Gasteiger partial charge >= 0.3 is 0 Å². The zero-order valence-corrected chi connectivity index (χ0v) is 23.1. The highest BCUT2D eigenvalue weighted by Gasteiger charge is 2.48. The van der Waals surface area contributed by atoms with Crippen LogP contribution >= 0.6 is 0 Å². The van der Waals surface area contributed by atoms with Crippen LogP contribution in [0.3, 0.4) is 0 Å². The minimum Gasteiger partial charge on any atom is -0.410 e. The Hall–Kier alpha value is 0.668. The van der Waals surface area contributed by atoms with Gasteiger partial charge < -0.3 is 22.4 Å². The molecule has 0 aromatic carbocycles. The smallest absolute Gasteiger partial charge is 0.187 e. The van der Waals surface area contributed by atoms with E-state index >= 15 is 0 Å². The zero-order valence-electron chi connectivity index (χ0n) is 19.1. The largest absolute Gasteiger partial charge is 0.410 e. The number of rotatable bonds is 8. The molecule has 9 heteroatoms. The molecule has 4 atom stereocenters. The molecule has 1 aliphatic heterocycles. The van der Waals surface area contributed by atoms with Gasteiger partial charge in [0.2, 0.25) is 0 Å². The van der Waals surface area contributed by atoms with Crippen LogP contribution in [0.1, 0.15) is 0 Å². The molecule has 156 valence electrons. The van der Waals surface area contributed by atoms with E-state index in [0.29, 0.717) is 6.61 Å². The average molecular weight is 439 g/mol. The lowest BCUT2D eigenvalue weighted by Crippen LogP contribution is -2.63. The van der Waals surface area contributed by atoms with Gasteiger partial charge in [-0.1, -0.05) is 0 Å². The van der Waals surface area contributed by atoms with Gasteiger partial charge in [0.25, 0.3) is 0 Å². The van der Waals surface area contributed by atoms with Crippen molar-refractivity contribution in [3.63, 3.8) is 0 Å². The lowest BCUT2D eigenvalue weighted by atomic mass is 10.1. The van der Waals surface area contributed by atoms with E-state index in [1.54, 1.807) is 0 Å². The summed E-state index contributed by atoms with van der Waals surface area (Å²) >= 11 is 0. The second kappa shape index (κ2) is 8.58. The summed E-state index contributed by atoms with van der Waals surface area (Å²) in [7, 11) is -7.14. The van der Waals surface area contributed by atoms with Crippen molar-refractivity contribution in [2.24, 2.45) is 0 Å². The molecule has 0 spiro atoms. The van der Waals surface area contributed by atoms with Gasteiger partial charge in [-0.15, -0.1) is 0 Å². The Kier molecular flexibility index (Phi) is 8.15. The molecule has 0 saturated carbocycles. The first-order valence-electron chi connectivity index (χ1n) is 9.69. The summed E-state index contributed by atoms with van der Waals surface area (Å²) < 4.78 is 32.2. The maximum atomic E-state index is 6.63. The fourth-order valence-corrected chi connectivity index (χ4v) is 7.01. The lowest BCUT2D eigenvalue weighted by Gasteiger charge is -2.48. The fraction of sp³-hybridized carbons (Fsp3) is 1.00. The van der Waals surface area contributed by atoms with Crippen molar-refractivity contribution in [3.8, 4) is 0 Å². The summed E-state index contributed by atoms with van der Waals surface area (Å²) in [5, 5.41) is 0. The van der Waals surface area contributed by atoms with Gasteiger partial charge in [0.1, 0.15) is 12.2 Å². The van der Waals surface area contributed by atoms with E-state index in [1.165, 1.54) is 0 Å². The van der Waals surface area contributed by atoms with Gasteiger partial charge in [-0.25, -0.2) is 0 Å². The molecule has 0 unspecified atom stereocenters. The molecule has 0 amide bonds. The number of ether oxygens (including phenoxy) is 1. The van der Waals surface area contributed by atoms with Crippen molar-refractivity contribution >= 4 is 33.3 Å². The fourth-order valence-electron chi connectivity index (χ4n) is 2.83. The van der Waals surface area contributed by atoms with Crippen molar-refractivity contribution < 1.29 is 22.4 Å². The second-order valence-electron chi connectivity index (χ2n) is 11.1. The molecular formula is C17H42O5Si4. The highest BCUT2D eigenvalue weighted by molar-refractivity contribution is 6.71. The van der Waals surface area contributed by atoms with Crippen LogP contribution in [0.15, 0.2) is 0 Å². The van der Waals surface area contributed by atoms with E-state index < -0.39 is 33.3 Å². The standard InChI is InChI=1S/C17H42O5Si4/c1-23(2,3)19-14-13-18-17(22-26(10,11)12)16(21-25(7,8)9)15(14)20-24(4,5)6/h14-17H,13H2,1-12H3/t14-,15+,16-,17+/m1/s1. The molecular weight excluding hydrogens is 397 g/mol. The number of hydrogen-bond donors (Lipinski definition) is 0. The normalized spacial score (nSPS) is 29.1. The molecule has 1 rings (SSSR count). The van der Waals surface area contributed by atoms with Gasteiger partial charge in [-0.2, -0.15) is 0 Å². The van der Waals surface area contributed by atoms with Crippen molar-refractivity contribution in [2.45, 2.75) is 103 Å². The molecule has 1 aliphatic rings. The van der Waals surface area contributed by atoms with E-state index in [2.05, 4.69) is 78.6 Å². The maximum absolute atomic E-state index is 6.63. The second-order valence-corrected chi connectivity index (χ2v) is 28.9. The predicted octanol–water partition coefficient (Wildman–Crippen LogP) is 4.85. The molecule has 0 bridgehead atoms. The monoisotopic (exact) mass is 438 g/mol. The minimum absolute atomic E-state index is 0.101. The quantitative estimate of drug-likeness (QED) is 0.507. The molecule has 0 aliphatic carbocycles. The highest BCUT2D eigenvalue weighted by atomic mass is 28.4. The van der Waals surface area contributed by atoms with Gasteiger partial charge in [-0.3, -0.25) is 0 Å². The summed E-state index contributed by atoms with van der Waals surface area (Å²) in [5.74, 6) is 0. The molecule has 1 saturated heterocycles. The Morgan fingerprint density at radius 2 is 0.923 bits per heavy atom. The summed E-state index contributed by atoms with van der Waals surface area (Å²) in [6, 6.07) is 0. The van der Waals surface area contributed by atoms with E-state index in [1.807, 2.05) is 0 Å². The van der Waals surface area contributed by atoms with Crippen LogP contribution < -0.4 is 0 Å². The van der Waals surface area contributed by atoms with Gasteiger partial charge in [0.15, 0.2) is 39.6 Å². The van der Waals surface area contributed by atoms with Crippen molar-refractivity contribution in [2.75, 3.05) is 6.61 Å². The summed E-state index contributed by atoms with van der Waals surface area (Å²) in [4.78, 5) is 0. The minimum atomic E-state index is -1.82. The molecule has 1 fully saturated rings. The SMILES string of the molecule is C[Si](C)(C)O[C@@H]1OC[C@@H](O[Si](C)(C)C)[C@H](O[Si](C)(C)C)[C@H]1O[Si](C)(C)C. The van der Waals surface area contributed by atoms with E-state index in [4.69, 9.17) is 22.4 Å². The predicted molar refractivity (Wildman–Crippen MR) is 119 cm³/mol. The molecule has 26 heavy (non-hydrogen) atoms. The van der Waals surface area contributed by atoms with Crippen LogP contribution in [0.4, 0.5) is 0 Å². The van der Waals surface area contributed by atoms with Gasteiger partial charge in [0.05, 0.1) is 12.7 Å². The first-order chi connectivity index (χ1) is 11.4.